The van der Waals surface area contributed by atoms with E-state index in [9.17, 15) is 0 Å². The minimum absolute atomic E-state index is 0.0174. The maximum Gasteiger partial charge on any atom is 0.0939 e. The van der Waals surface area contributed by atoms with Gasteiger partial charge in [-0.05, 0) is 0 Å². The molecule has 0 aromatic heterocycles. The van der Waals surface area contributed by atoms with Crippen molar-refractivity contribution in [2.75, 3.05) is 19.8 Å². The zero-order valence-corrected chi connectivity index (χ0v) is 5.17. The van der Waals surface area contributed by atoms with E-state index in [0.717, 1.165) is 0 Å². The number of hydrogen-bond donors (Lipinski definition) is 0. The number of rotatable bonds is 1. The molecule has 0 spiro atoms. The summed E-state index contributed by atoms with van der Waals surface area (Å²) >= 11 is 0. The molecular weight excluding hydrogens is 118 g/mol. The summed E-state index contributed by atoms with van der Waals surface area (Å²) < 4.78 is 10.2. The van der Waals surface area contributed by atoms with Crippen molar-refractivity contribution in [3.8, 4) is 6.07 Å². The Bertz CT molecular complexity index is 113. The third-order valence-electron chi connectivity index (χ3n) is 1.20. The van der Waals surface area contributed by atoms with Gasteiger partial charge in [-0.2, -0.15) is 5.26 Å². The van der Waals surface area contributed by atoms with Gasteiger partial charge in [0.15, 0.2) is 0 Å². The molecule has 3 heteroatoms. The Balaban J connectivity index is 2.17. The van der Waals surface area contributed by atoms with Crippen LogP contribution in [0.1, 0.15) is 6.42 Å². The van der Waals surface area contributed by atoms with E-state index in [-0.39, 0.29) is 6.10 Å². The van der Waals surface area contributed by atoms with Crippen molar-refractivity contribution >= 4 is 0 Å². The highest BCUT2D eigenvalue weighted by molar-refractivity contribution is 4.77. The van der Waals surface area contributed by atoms with Gasteiger partial charge in [0, 0.05) is 0 Å². The van der Waals surface area contributed by atoms with Gasteiger partial charge in [0.25, 0.3) is 0 Å². The van der Waals surface area contributed by atoms with Crippen LogP contribution in [-0.4, -0.2) is 25.9 Å². The third-order valence-corrected chi connectivity index (χ3v) is 1.20. The fourth-order valence-electron chi connectivity index (χ4n) is 0.756. The zero-order valence-electron chi connectivity index (χ0n) is 5.17. The monoisotopic (exact) mass is 127 g/mol. The lowest BCUT2D eigenvalue weighted by molar-refractivity contribution is -0.0855. The summed E-state index contributed by atoms with van der Waals surface area (Å²) in [5, 5.41) is 8.23. The summed E-state index contributed by atoms with van der Waals surface area (Å²) in [6.07, 6.45) is 0.462. The van der Waals surface area contributed by atoms with Crippen LogP contribution in [0.25, 0.3) is 0 Å². The van der Waals surface area contributed by atoms with Gasteiger partial charge >= 0.3 is 0 Å². The van der Waals surface area contributed by atoms with E-state index in [0.29, 0.717) is 26.2 Å². The van der Waals surface area contributed by atoms with Crippen LogP contribution in [-0.2, 0) is 9.47 Å². The van der Waals surface area contributed by atoms with Crippen LogP contribution in [0, 0.1) is 11.3 Å². The second-order valence-electron chi connectivity index (χ2n) is 1.93. The van der Waals surface area contributed by atoms with Crippen molar-refractivity contribution in [3.63, 3.8) is 0 Å². The average Bonchev–Trinajstić information content (AvgIpc) is 1.91. The van der Waals surface area contributed by atoms with Crippen molar-refractivity contribution in [2.24, 2.45) is 0 Å². The van der Waals surface area contributed by atoms with Crippen molar-refractivity contribution in [1.82, 2.24) is 0 Å². The van der Waals surface area contributed by atoms with Crippen molar-refractivity contribution in [3.05, 3.63) is 0 Å². The third kappa shape index (κ3) is 2.00. The normalized spacial score (nSPS) is 27.2. The van der Waals surface area contributed by atoms with Crippen molar-refractivity contribution in [2.45, 2.75) is 12.5 Å². The Labute approximate surface area is 54.2 Å². The average molecular weight is 127 g/mol. The molecule has 0 aromatic carbocycles. The molecule has 0 aliphatic carbocycles. The Kier molecular flexibility index (Phi) is 2.49. The lowest BCUT2D eigenvalue weighted by Crippen LogP contribution is -2.27. The highest BCUT2D eigenvalue weighted by atomic mass is 16.6. The molecule has 0 amide bonds. The second-order valence-corrected chi connectivity index (χ2v) is 1.93. The Morgan fingerprint density at radius 2 is 2.44 bits per heavy atom. The van der Waals surface area contributed by atoms with Crippen LogP contribution in [0.2, 0.25) is 0 Å². The lowest BCUT2D eigenvalue weighted by atomic mass is 10.3. The quantitative estimate of drug-likeness (QED) is 0.509. The van der Waals surface area contributed by atoms with Gasteiger partial charge in [0.05, 0.1) is 38.4 Å². The first-order chi connectivity index (χ1) is 4.43. The topological polar surface area (TPSA) is 42.2 Å². The first-order valence-corrected chi connectivity index (χ1v) is 3.00. The summed E-state index contributed by atoms with van der Waals surface area (Å²) in [7, 11) is 0. The van der Waals surface area contributed by atoms with E-state index in [2.05, 4.69) is 0 Å². The molecule has 1 atom stereocenters. The van der Waals surface area contributed by atoms with Crippen LogP contribution in [0.15, 0.2) is 0 Å². The molecule has 0 radical (unpaired) electrons. The van der Waals surface area contributed by atoms with Gasteiger partial charge in [-0.25, -0.2) is 0 Å². The first-order valence-electron chi connectivity index (χ1n) is 3.00. The minimum Gasteiger partial charge on any atom is -0.376 e. The minimum atomic E-state index is 0.0174. The largest absolute Gasteiger partial charge is 0.376 e. The van der Waals surface area contributed by atoms with Gasteiger partial charge < -0.3 is 9.47 Å². The predicted molar refractivity (Wildman–Crippen MR) is 30.8 cm³/mol. The molecule has 1 saturated heterocycles. The summed E-state index contributed by atoms with van der Waals surface area (Å²) in [4.78, 5) is 0. The summed E-state index contributed by atoms with van der Waals surface area (Å²) in [6.45, 7) is 1.88. The smallest absolute Gasteiger partial charge is 0.0939 e. The Morgan fingerprint density at radius 1 is 1.56 bits per heavy atom. The highest BCUT2D eigenvalue weighted by Gasteiger charge is 2.12. The molecule has 1 aliphatic heterocycles. The molecule has 1 aliphatic rings. The first kappa shape index (κ1) is 6.53. The summed E-state index contributed by atoms with van der Waals surface area (Å²) in [5.41, 5.74) is 0. The molecule has 0 bridgehead atoms. The molecule has 0 N–H and O–H groups in total. The highest BCUT2D eigenvalue weighted by Crippen LogP contribution is 2.02. The van der Waals surface area contributed by atoms with E-state index < -0.39 is 0 Å². The Morgan fingerprint density at radius 3 is 3.00 bits per heavy atom. The number of ether oxygens (including phenoxy) is 2. The molecule has 3 nitrogen and oxygen atoms in total. The molecule has 0 saturated carbocycles. The molecule has 1 fully saturated rings. The maximum absolute atomic E-state index is 8.23. The summed E-state index contributed by atoms with van der Waals surface area (Å²) in [5.74, 6) is 0. The molecule has 9 heavy (non-hydrogen) atoms. The number of nitrogens with zero attached hydrogens (tertiary/aromatic N) is 1. The molecule has 0 unspecified atom stereocenters. The van der Waals surface area contributed by atoms with E-state index in [1.54, 1.807) is 0 Å². The van der Waals surface area contributed by atoms with E-state index in [1.807, 2.05) is 6.07 Å². The number of nitriles is 1. The fourth-order valence-corrected chi connectivity index (χ4v) is 0.756. The van der Waals surface area contributed by atoms with Crippen molar-refractivity contribution in [1.29, 1.82) is 5.26 Å². The predicted octanol–water partition coefficient (Wildman–Crippen LogP) is 0.315. The van der Waals surface area contributed by atoms with Crippen LogP contribution < -0.4 is 0 Å². The van der Waals surface area contributed by atoms with Crippen LogP contribution >= 0.6 is 0 Å². The number of hydrogen-bond acceptors (Lipinski definition) is 3. The van der Waals surface area contributed by atoms with Gasteiger partial charge in [0.2, 0.25) is 0 Å². The summed E-state index contributed by atoms with van der Waals surface area (Å²) in [6, 6.07) is 2.03. The van der Waals surface area contributed by atoms with Crippen molar-refractivity contribution < 1.29 is 9.47 Å². The standard InChI is InChI=1S/C6H9NO2/c7-2-1-6-5-8-3-4-9-6/h6H,1,3-5H2/t6-/m1/s1. The second kappa shape index (κ2) is 3.44. The van der Waals surface area contributed by atoms with Gasteiger partial charge in [-0.1, -0.05) is 0 Å². The Hall–Kier alpha value is -0.590. The maximum atomic E-state index is 8.23. The molecular formula is C6H9NO2. The fraction of sp³-hybridized carbons (Fsp3) is 0.833. The van der Waals surface area contributed by atoms with Gasteiger partial charge in [0.1, 0.15) is 0 Å². The molecule has 50 valence electrons. The van der Waals surface area contributed by atoms with Crippen LogP contribution in [0.5, 0.6) is 0 Å². The van der Waals surface area contributed by atoms with Crippen LogP contribution in [0.4, 0.5) is 0 Å². The van der Waals surface area contributed by atoms with E-state index in [1.165, 1.54) is 0 Å². The van der Waals surface area contributed by atoms with Crippen LogP contribution in [0.3, 0.4) is 0 Å². The molecule has 1 heterocycles. The SMILES string of the molecule is N#CC[C@@H]1COCCO1. The zero-order chi connectivity index (χ0) is 6.53. The van der Waals surface area contributed by atoms with E-state index in [4.69, 9.17) is 14.7 Å². The van der Waals surface area contributed by atoms with E-state index >= 15 is 0 Å². The van der Waals surface area contributed by atoms with Gasteiger partial charge in [-0.3, -0.25) is 0 Å². The lowest BCUT2D eigenvalue weighted by Gasteiger charge is -2.20. The van der Waals surface area contributed by atoms with Gasteiger partial charge in [-0.15, -0.1) is 0 Å². The molecule has 0 aromatic rings. The molecule has 1 rings (SSSR count).